The molecule has 3 nitrogen and oxygen atoms in total. The molecule has 1 fully saturated rings. The molecule has 3 rings (SSSR count). The quantitative estimate of drug-likeness (QED) is 0.830. The standard InChI is InChI=1S/C16H10ClFN2OS/c17-11-2-1-3-13(9-11)19-16-20-15(21)14(22-16)8-10-4-6-12(18)7-5-10/h1-9H,(H,19,20,21)/b14-8-. The Morgan fingerprint density at radius 1 is 1.18 bits per heavy atom. The van der Waals surface area contributed by atoms with Gasteiger partial charge in [0.1, 0.15) is 5.82 Å². The number of aliphatic imine (C=N–C) groups is 1. The Morgan fingerprint density at radius 3 is 2.68 bits per heavy atom. The van der Waals surface area contributed by atoms with Gasteiger partial charge in [-0.2, -0.15) is 0 Å². The molecule has 1 heterocycles. The van der Waals surface area contributed by atoms with Crippen molar-refractivity contribution in [1.29, 1.82) is 0 Å². The van der Waals surface area contributed by atoms with Crippen molar-refractivity contribution in [3.8, 4) is 0 Å². The summed E-state index contributed by atoms with van der Waals surface area (Å²) >= 11 is 7.13. The lowest BCUT2D eigenvalue weighted by molar-refractivity contribution is -0.115. The van der Waals surface area contributed by atoms with Gasteiger partial charge in [0.25, 0.3) is 5.91 Å². The Bertz CT molecular complexity index is 787. The Balaban J connectivity index is 1.82. The molecule has 1 N–H and O–H groups in total. The van der Waals surface area contributed by atoms with E-state index in [-0.39, 0.29) is 11.7 Å². The van der Waals surface area contributed by atoms with Gasteiger partial charge >= 0.3 is 0 Å². The number of hydrogen-bond acceptors (Lipinski definition) is 3. The predicted molar refractivity (Wildman–Crippen MR) is 88.7 cm³/mol. The van der Waals surface area contributed by atoms with Crippen molar-refractivity contribution in [1.82, 2.24) is 5.32 Å². The first-order chi connectivity index (χ1) is 10.6. The number of rotatable bonds is 2. The Morgan fingerprint density at radius 2 is 1.95 bits per heavy atom. The fourth-order valence-electron chi connectivity index (χ4n) is 1.85. The molecule has 0 aromatic heterocycles. The van der Waals surface area contributed by atoms with Crippen LogP contribution >= 0.6 is 23.4 Å². The third kappa shape index (κ3) is 3.55. The number of amidine groups is 1. The summed E-state index contributed by atoms with van der Waals surface area (Å²) in [4.78, 5) is 16.8. The molecule has 22 heavy (non-hydrogen) atoms. The molecule has 0 unspecified atom stereocenters. The molecule has 6 heteroatoms. The first kappa shape index (κ1) is 14.8. The molecule has 1 amide bonds. The molecule has 0 radical (unpaired) electrons. The third-order valence-corrected chi connectivity index (χ3v) is 4.00. The van der Waals surface area contributed by atoms with Crippen LogP contribution in [0.3, 0.4) is 0 Å². The Hall–Kier alpha value is -2.11. The third-order valence-electron chi connectivity index (χ3n) is 2.86. The van der Waals surface area contributed by atoms with Crippen molar-refractivity contribution >= 4 is 46.2 Å². The van der Waals surface area contributed by atoms with Crippen molar-refractivity contribution in [3.63, 3.8) is 0 Å². The number of benzene rings is 2. The fourth-order valence-corrected chi connectivity index (χ4v) is 2.88. The van der Waals surface area contributed by atoms with Gasteiger partial charge in [0, 0.05) is 5.02 Å². The van der Waals surface area contributed by atoms with Crippen molar-refractivity contribution in [2.75, 3.05) is 0 Å². The number of carbonyl (C=O) groups is 1. The molecule has 1 aliphatic heterocycles. The zero-order chi connectivity index (χ0) is 15.5. The molecular weight excluding hydrogens is 323 g/mol. The van der Waals surface area contributed by atoms with Gasteiger partial charge < -0.3 is 5.32 Å². The zero-order valence-electron chi connectivity index (χ0n) is 11.2. The van der Waals surface area contributed by atoms with Crippen LogP contribution in [0.4, 0.5) is 10.1 Å². The number of nitrogens with one attached hydrogen (secondary N) is 1. The molecule has 2 aromatic rings. The Labute approximate surface area is 135 Å². The largest absolute Gasteiger partial charge is 0.300 e. The minimum Gasteiger partial charge on any atom is -0.300 e. The van der Waals surface area contributed by atoms with Gasteiger partial charge in [-0.1, -0.05) is 29.8 Å². The van der Waals surface area contributed by atoms with E-state index in [2.05, 4.69) is 10.3 Å². The molecule has 110 valence electrons. The second-order valence-electron chi connectivity index (χ2n) is 4.51. The van der Waals surface area contributed by atoms with E-state index in [9.17, 15) is 9.18 Å². The number of thioether (sulfide) groups is 1. The minimum atomic E-state index is -0.311. The van der Waals surface area contributed by atoms with Gasteiger partial charge in [0.15, 0.2) is 5.17 Å². The van der Waals surface area contributed by atoms with E-state index in [1.807, 2.05) is 0 Å². The topological polar surface area (TPSA) is 41.5 Å². The molecule has 0 bridgehead atoms. The molecule has 1 saturated heterocycles. The van der Waals surface area contributed by atoms with E-state index >= 15 is 0 Å². The van der Waals surface area contributed by atoms with Crippen LogP contribution in [0.1, 0.15) is 5.56 Å². The molecular formula is C16H10ClFN2OS. The maximum atomic E-state index is 12.9. The van der Waals surface area contributed by atoms with E-state index < -0.39 is 0 Å². The monoisotopic (exact) mass is 332 g/mol. The summed E-state index contributed by atoms with van der Waals surface area (Å²) in [5, 5.41) is 3.76. The van der Waals surface area contributed by atoms with Crippen molar-refractivity contribution < 1.29 is 9.18 Å². The van der Waals surface area contributed by atoms with Crippen LogP contribution in [-0.2, 0) is 4.79 Å². The van der Waals surface area contributed by atoms with Crippen LogP contribution in [0.25, 0.3) is 6.08 Å². The van der Waals surface area contributed by atoms with E-state index in [1.54, 1.807) is 42.5 Å². The minimum absolute atomic E-state index is 0.227. The molecule has 0 spiro atoms. The van der Waals surface area contributed by atoms with Gasteiger partial charge in [0.2, 0.25) is 0 Å². The average Bonchev–Trinajstić information content (AvgIpc) is 2.81. The van der Waals surface area contributed by atoms with E-state index in [0.29, 0.717) is 20.8 Å². The first-order valence-corrected chi connectivity index (χ1v) is 7.60. The average molecular weight is 333 g/mol. The van der Waals surface area contributed by atoms with E-state index in [1.165, 1.54) is 23.9 Å². The van der Waals surface area contributed by atoms with Gasteiger partial charge in [0.05, 0.1) is 10.6 Å². The molecule has 2 aromatic carbocycles. The van der Waals surface area contributed by atoms with Crippen LogP contribution in [0, 0.1) is 5.82 Å². The lowest BCUT2D eigenvalue weighted by Gasteiger charge is -1.96. The number of carbonyl (C=O) groups excluding carboxylic acids is 1. The SMILES string of the molecule is O=C1NC(=Nc2cccc(Cl)c2)S/C1=C\c1ccc(F)cc1. The van der Waals surface area contributed by atoms with Crippen LogP contribution in [0.15, 0.2) is 58.4 Å². The summed E-state index contributed by atoms with van der Waals surface area (Å²) in [6.45, 7) is 0. The molecule has 1 aliphatic rings. The number of halogens is 2. The summed E-state index contributed by atoms with van der Waals surface area (Å²) in [6, 6.07) is 13.0. The van der Waals surface area contributed by atoms with Gasteiger partial charge in [-0.3, -0.25) is 4.79 Å². The lowest BCUT2D eigenvalue weighted by atomic mass is 10.2. The normalized spacial score (nSPS) is 18.0. The van der Waals surface area contributed by atoms with Crippen molar-refractivity contribution in [2.45, 2.75) is 0 Å². The zero-order valence-corrected chi connectivity index (χ0v) is 12.8. The highest BCUT2D eigenvalue weighted by molar-refractivity contribution is 8.18. The number of hydrogen-bond donors (Lipinski definition) is 1. The lowest BCUT2D eigenvalue weighted by Crippen LogP contribution is -2.19. The maximum Gasteiger partial charge on any atom is 0.264 e. The van der Waals surface area contributed by atoms with Crippen LogP contribution < -0.4 is 5.32 Å². The number of amides is 1. The van der Waals surface area contributed by atoms with Crippen molar-refractivity contribution in [2.24, 2.45) is 4.99 Å². The number of nitrogens with zero attached hydrogens (tertiary/aromatic N) is 1. The van der Waals surface area contributed by atoms with Crippen molar-refractivity contribution in [3.05, 3.63) is 69.8 Å². The predicted octanol–water partition coefficient (Wildman–Crippen LogP) is 4.37. The van der Waals surface area contributed by atoms with Crippen LogP contribution in [0.5, 0.6) is 0 Å². The van der Waals surface area contributed by atoms with Crippen LogP contribution in [0.2, 0.25) is 5.02 Å². The summed E-state index contributed by atoms with van der Waals surface area (Å²) in [5.74, 6) is -0.538. The first-order valence-electron chi connectivity index (χ1n) is 6.41. The molecule has 0 aliphatic carbocycles. The van der Waals surface area contributed by atoms with E-state index in [4.69, 9.17) is 11.6 Å². The smallest absolute Gasteiger partial charge is 0.264 e. The highest BCUT2D eigenvalue weighted by Crippen LogP contribution is 2.28. The summed E-state index contributed by atoms with van der Waals surface area (Å²) in [6.07, 6.45) is 1.69. The molecule has 0 saturated carbocycles. The maximum absolute atomic E-state index is 12.9. The Kier molecular flexibility index (Phi) is 4.27. The van der Waals surface area contributed by atoms with Gasteiger partial charge in [-0.15, -0.1) is 0 Å². The molecule has 0 atom stereocenters. The fraction of sp³-hybridized carbons (Fsp3) is 0. The van der Waals surface area contributed by atoms with Crippen LogP contribution in [-0.4, -0.2) is 11.1 Å². The summed E-state index contributed by atoms with van der Waals surface area (Å²) < 4.78 is 12.9. The second-order valence-corrected chi connectivity index (χ2v) is 5.98. The summed E-state index contributed by atoms with van der Waals surface area (Å²) in [5.41, 5.74) is 1.42. The van der Waals surface area contributed by atoms with E-state index in [0.717, 1.165) is 5.56 Å². The van der Waals surface area contributed by atoms with Gasteiger partial charge in [-0.05, 0) is 53.7 Å². The second kappa shape index (κ2) is 6.34. The highest BCUT2D eigenvalue weighted by atomic mass is 35.5. The highest BCUT2D eigenvalue weighted by Gasteiger charge is 2.23. The summed E-state index contributed by atoms with van der Waals surface area (Å²) in [7, 11) is 0. The van der Waals surface area contributed by atoms with Gasteiger partial charge in [-0.25, -0.2) is 9.38 Å².